The van der Waals surface area contributed by atoms with Gasteiger partial charge in [0.1, 0.15) is 0 Å². The fourth-order valence-corrected chi connectivity index (χ4v) is 1.37. The van der Waals surface area contributed by atoms with Gasteiger partial charge in [-0.3, -0.25) is 0 Å². The highest BCUT2D eigenvalue weighted by atomic mass is 16.7. The quantitative estimate of drug-likeness (QED) is 0.355. The molecule has 0 aliphatic rings. The second kappa shape index (κ2) is 8.91. The molecule has 0 aliphatic carbocycles. The first kappa shape index (κ1) is 15.8. The summed E-state index contributed by atoms with van der Waals surface area (Å²) in [5.41, 5.74) is 1.19. The highest BCUT2D eigenvalue weighted by Gasteiger charge is 2.10. The Kier molecular flexibility index (Phi) is 8.29. The molecule has 0 bridgehead atoms. The Balaban J connectivity index is 4.71. The molecule has 0 saturated heterocycles. The minimum absolute atomic E-state index is 0.322. The van der Waals surface area contributed by atoms with Gasteiger partial charge in [-0.1, -0.05) is 19.4 Å². The van der Waals surface area contributed by atoms with Crippen molar-refractivity contribution >= 4 is 0 Å². The molecule has 0 N–H and O–H groups in total. The Hall–Kier alpha value is -1.18. The van der Waals surface area contributed by atoms with Crippen molar-refractivity contribution < 1.29 is 9.47 Å². The number of rotatable bonds is 7. The summed E-state index contributed by atoms with van der Waals surface area (Å²) in [5.74, 6) is 1.91. The van der Waals surface area contributed by atoms with E-state index in [4.69, 9.17) is 9.47 Å². The number of ether oxygens (including phenoxy) is 2. The van der Waals surface area contributed by atoms with Gasteiger partial charge in [0.25, 0.3) is 6.29 Å². The van der Waals surface area contributed by atoms with E-state index in [0.717, 1.165) is 24.4 Å². The van der Waals surface area contributed by atoms with Gasteiger partial charge in [0.2, 0.25) is 0 Å². The standard InChI is InChI=1S/C15H26O2/c1-7-13(8-2)16-15(11-12(5)6)17-14(9-3)10-4/h7,9,11,15H,8,10H2,1-6H3. The van der Waals surface area contributed by atoms with E-state index in [9.17, 15) is 0 Å². The maximum absolute atomic E-state index is 5.82. The van der Waals surface area contributed by atoms with Crippen molar-refractivity contribution in [1.29, 1.82) is 0 Å². The van der Waals surface area contributed by atoms with Gasteiger partial charge >= 0.3 is 0 Å². The first-order valence-electron chi connectivity index (χ1n) is 6.36. The van der Waals surface area contributed by atoms with Gasteiger partial charge in [-0.05, 0) is 45.9 Å². The van der Waals surface area contributed by atoms with E-state index in [-0.39, 0.29) is 6.29 Å². The largest absolute Gasteiger partial charge is 0.456 e. The van der Waals surface area contributed by atoms with Crippen molar-refractivity contribution in [2.75, 3.05) is 0 Å². The number of hydrogen-bond donors (Lipinski definition) is 0. The van der Waals surface area contributed by atoms with E-state index in [1.165, 1.54) is 5.57 Å². The average Bonchev–Trinajstić information content (AvgIpc) is 2.31. The Morgan fingerprint density at radius 1 is 0.941 bits per heavy atom. The molecule has 0 saturated carbocycles. The fraction of sp³-hybridized carbons (Fsp3) is 0.600. The molecule has 0 spiro atoms. The molecule has 17 heavy (non-hydrogen) atoms. The lowest BCUT2D eigenvalue weighted by Gasteiger charge is -2.20. The zero-order valence-electron chi connectivity index (χ0n) is 12.0. The van der Waals surface area contributed by atoms with Gasteiger partial charge in [0, 0.05) is 12.8 Å². The summed E-state index contributed by atoms with van der Waals surface area (Å²) in [6, 6.07) is 0. The topological polar surface area (TPSA) is 18.5 Å². The van der Waals surface area contributed by atoms with Crippen LogP contribution in [0.3, 0.4) is 0 Å². The lowest BCUT2D eigenvalue weighted by Crippen LogP contribution is -2.14. The summed E-state index contributed by atoms with van der Waals surface area (Å²) in [7, 11) is 0. The Labute approximate surface area is 106 Å². The van der Waals surface area contributed by atoms with Crippen LogP contribution in [0.4, 0.5) is 0 Å². The molecule has 2 heteroatoms. The molecule has 0 aromatic heterocycles. The average molecular weight is 238 g/mol. The van der Waals surface area contributed by atoms with E-state index in [1.54, 1.807) is 0 Å². The fourth-order valence-electron chi connectivity index (χ4n) is 1.37. The van der Waals surface area contributed by atoms with Crippen molar-refractivity contribution in [3.8, 4) is 0 Å². The van der Waals surface area contributed by atoms with Crippen LogP contribution < -0.4 is 0 Å². The summed E-state index contributed by atoms with van der Waals surface area (Å²) in [6.07, 6.45) is 7.40. The van der Waals surface area contributed by atoms with Crippen molar-refractivity contribution in [2.24, 2.45) is 0 Å². The molecule has 0 rings (SSSR count). The number of hydrogen-bond acceptors (Lipinski definition) is 2. The molecular formula is C15H26O2. The SMILES string of the molecule is CC=C(CC)OC(C=C(C)C)OC(=CC)CC. The predicted octanol–water partition coefficient (Wildman–Crippen LogP) is 4.94. The predicted molar refractivity (Wildman–Crippen MR) is 73.5 cm³/mol. The summed E-state index contributed by atoms with van der Waals surface area (Å²) in [5, 5.41) is 0. The molecule has 0 aromatic carbocycles. The Bertz CT molecular complexity index is 272. The molecule has 0 amide bonds. The molecule has 0 radical (unpaired) electrons. The van der Waals surface area contributed by atoms with Crippen LogP contribution in [0.1, 0.15) is 54.4 Å². The van der Waals surface area contributed by atoms with Crippen LogP contribution >= 0.6 is 0 Å². The van der Waals surface area contributed by atoms with Gasteiger partial charge in [-0.15, -0.1) is 0 Å². The molecule has 0 aromatic rings. The Morgan fingerprint density at radius 2 is 1.35 bits per heavy atom. The van der Waals surface area contributed by atoms with E-state index in [2.05, 4.69) is 13.8 Å². The van der Waals surface area contributed by atoms with Crippen molar-refractivity contribution in [3.63, 3.8) is 0 Å². The molecule has 98 valence electrons. The number of allylic oxidation sites excluding steroid dienone is 5. The van der Waals surface area contributed by atoms with Gasteiger partial charge in [-0.25, -0.2) is 0 Å². The molecule has 0 unspecified atom stereocenters. The normalized spacial score (nSPS) is 14.2. The van der Waals surface area contributed by atoms with Crippen LogP contribution in [0, 0.1) is 0 Å². The molecule has 0 atom stereocenters. The van der Waals surface area contributed by atoms with Gasteiger partial charge in [-0.2, -0.15) is 0 Å². The molecular weight excluding hydrogens is 212 g/mol. The van der Waals surface area contributed by atoms with Crippen molar-refractivity contribution in [3.05, 3.63) is 35.3 Å². The maximum Gasteiger partial charge on any atom is 0.259 e. The van der Waals surface area contributed by atoms with E-state index >= 15 is 0 Å². The van der Waals surface area contributed by atoms with Crippen molar-refractivity contribution in [2.45, 2.75) is 60.7 Å². The third-order valence-electron chi connectivity index (χ3n) is 2.35. The second-order valence-electron chi connectivity index (χ2n) is 4.07. The lowest BCUT2D eigenvalue weighted by molar-refractivity contribution is -0.0552. The molecule has 2 nitrogen and oxygen atoms in total. The first-order valence-corrected chi connectivity index (χ1v) is 6.36. The highest BCUT2D eigenvalue weighted by molar-refractivity contribution is 5.01. The zero-order chi connectivity index (χ0) is 13.3. The maximum atomic E-state index is 5.82. The van der Waals surface area contributed by atoms with E-state index in [1.807, 2.05) is 45.9 Å². The van der Waals surface area contributed by atoms with Crippen molar-refractivity contribution in [1.82, 2.24) is 0 Å². The molecule has 0 aliphatic heterocycles. The lowest BCUT2D eigenvalue weighted by atomic mass is 10.3. The van der Waals surface area contributed by atoms with E-state index in [0.29, 0.717) is 0 Å². The monoisotopic (exact) mass is 238 g/mol. The van der Waals surface area contributed by atoms with Crippen LogP contribution in [0.15, 0.2) is 35.3 Å². The van der Waals surface area contributed by atoms with Crippen LogP contribution in [-0.4, -0.2) is 6.29 Å². The highest BCUT2D eigenvalue weighted by Crippen LogP contribution is 2.15. The Morgan fingerprint density at radius 3 is 1.59 bits per heavy atom. The van der Waals surface area contributed by atoms with Gasteiger partial charge < -0.3 is 9.47 Å². The summed E-state index contributed by atoms with van der Waals surface area (Å²) < 4.78 is 11.6. The summed E-state index contributed by atoms with van der Waals surface area (Å²) in [4.78, 5) is 0. The van der Waals surface area contributed by atoms with Crippen LogP contribution in [0.5, 0.6) is 0 Å². The van der Waals surface area contributed by atoms with Gasteiger partial charge in [0.15, 0.2) is 0 Å². The minimum Gasteiger partial charge on any atom is -0.456 e. The van der Waals surface area contributed by atoms with Crippen LogP contribution in [0.25, 0.3) is 0 Å². The zero-order valence-corrected chi connectivity index (χ0v) is 12.0. The first-order chi connectivity index (χ1) is 8.07. The second-order valence-corrected chi connectivity index (χ2v) is 4.07. The smallest absolute Gasteiger partial charge is 0.259 e. The van der Waals surface area contributed by atoms with Gasteiger partial charge in [0.05, 0.1) is 11.5 Å². The minimum atomic E-state index is -0.322. The molecule has 0 fully saturated rings. The van der Waals surface area contributed by atoms with Crippen LogP contribution in [-0.2, 0) is 9.47 Å². The molecule has 0 heterocycles. The van der Waals surface area contributed by atoms with Crippen LogP contribution in [0.2, 0.25) is 0 Å². The third-order valence-corrected chi connectivity index (χ3v) is 2.35. The summed E-state index contributed by atoms with van der Waals surface area (Å²) >= 11 is 0. The third kappa shape index (κ3) is 6.88. The summed E-state index contributed by atoms with van der Waals surface area (Å²) in [6.45, 7) is 12.2. The van der Waals surface area contributed by atoms with E-state index < -0.39 is 0 Å².